The number of rotatable bonds is 3. The van der Waals surface area contributed by atoms with E-state index in [0.29, 0.717) is 29.1 Å². The fraction of sp³-hybridized carbons (Fsp3) is 0.364. The fourth-order valence-corrected chi connectivity index (χ4v) is 1.35. The van der Waals surface area contributed by atoms with Crippen molar-refractivity contribution in [1.29, 1.82) is 0 Å². The summed E-state index contributed by atoms with van der Waals surface area (Å²) in [6.45, 7) is 4.39. The van der Waals surface area contributed by atoms with Gasteiger partial charge in [0.2, 0.25) is 0 Å². The highest BCUT2D eigenvalue weighted by Crippen LogP contribution is 2.14. The van der Waals surface area contributed by atoms with Crippen LogP contribution in [0.3, 0.4) is 0 Å². The van der Waals surface area contributed by atoms with E-state index in [4.69, 9.17) is 4.74 Å². The Hall–Kier alpha value is -1.91. The van der Waals surface area contributed by atoms with Crippen molar-refractivity contribution in [1.82, 2.24) is 15.4 Å². The maximum Gasteiger partial charge on any atom is 0.340 e. The molecule has 0 saturated heterocycles. The third kappa shape index (κ3) is 2.03. The van der Waals surface area contributed by atoms with E-state index in [9.17, 15) is 4.79 Å². The van der Waals surface area contributed by atoms with Crippen LogP contribution in [0.15, 0.2) is 18.2 Å². The Kier molecular flexibility index (Phi) is 2.85. The average Bonchev–Trinajstić information content (AvgIpc) is 2.73. The van der Waals surface area contributed by atoms with Crippen molar-refractivity contribution >= 4 is 17.0 Å². The van der Waals surface area contributed by atoms with Gasteiger partial charge in [0.05, 0.1) is 12.2 Å². The summed E-state index contributed by atoms with van der Waals surface area (Å²) in [6.07, 6.45) is 0. The second-order valence-corrected chi connectivity index (χ2v) is 3.99. The van der Waals surface area contributed by atoms with Crippen LogP contribution >= 0.6 is 0 Å². The minimum atomic E-state index is -0.354. The molecule has 0 unspecified atom stereocenters. The summed E-state index contributed by atoms with van der Waals surface area (Å²) < 4.78 is 5.15. The third-order valence-electron chi connectivity index (χ3n) is 2.11. The van der Waals surface area contributed by atoms with Crippen molar-refractivity contribution in [3.8, 4) is 0 Å². The van der Waals surface area contributed by atoms with Crippen LogP contribution in [0.4, 0.5) is 0 Å². The van der Waals surface area contributed by atoms with Crippen LogP contribution in [-0.2, 0) is 4.74 Å². The molecule has 5 heteroatoms. The summed E-state index contributed by atoms with van der Waals surface area (Å²) in [5.41, 5.74) is 1.67. The highest BCUT2D eigenvalue weighted by atomic mass is 16.5. The predicted octanol–water partition coefficient (Wildman–Crippen LogP) is 1.77. The van der Waals surface area contributed by atoms with Crippen LogP contribution in [0.2, 0.25) is 0 Å². The molecule has 2 aromatic rings. The number of esters is 1. The van der Waals surface area contributed by atoms with Crippen LogP contribution < -0.4 is 0 Å². The maximum absolute atomic E-state index is 11.8. The number of aromatic nitrogens is 3. The van der Waals surface area contributed by atoms with Crippen molar-refractivity contribution in [2.24, 2.45) is 5.92 Å². The van der Waals surface area contributed by atoms with E-state index in [0.717, 1.165) is 0 Å². The van der Waals surface area contributed by atoms with Gasteiger partial charge in [-0.3, -0.25) is 0 Å². The zero-order valence-corrected chi connectivity index (χ0v) is 9.23. The lowest BCUT2D eigenvalue weighted by atomic mass is 10.2. The Bertz CT molecular complexity index is 505. The highest BCUT2D eigenvalue weighted by Gasteiger charge is 2.14. The lowest BCUT2D eigenvalue weighted by Gasteiger charge is -2.06. The van der Waals surface area contributed by atoms with Crippen molar-refractivity contribution in [2.75, 3.05) is 6.61 Å². The molecule has 1 aromatic heterocycles. The molecule has 0 amide bonds. The Morgan fingerprint density at radius 1 is 1.44 bits per heavy atom. The van der Waals surface area contributed by atoms with Gasteiger partial charge < -0.3 is 4.74 Å². The van der Waals surface area contributed by atoms with E-state index in [1.807, 2.05) is 13.8 Å². The van der Waals surface area contributed by atoms with Crippen LogP contribution in [0.1, 0.15) is 24.2 Å². The summed E-state index contributed by atoms with van der Waals surface area (Å²) in [5, 5.41) is 10.3. The highest BCUT2D eigenvalue weighted by molar-refractivity contribution is 6.01. The minimum Gasteiger partial charge on any atom is -0.462 e. The number of nitrogens with zero attached hydrogens (tertiary/aromatic N) is 2. The Morgan fingerprint density at radius 2 is 2.25 bits per heavy atom. The van der Waals surface area contributed by atoms with E-state index in [1.54, 1.807) is 18.2 Å². The number of hydrogen-bond acceptors (Lipinski definition) is 4. The normalized spacial score (nSPS) is 10.9. The summed E-state index contributed by atoms with van der Waals surface area (Å²) >= 11 is 0. The molecule has 0 spiro atoms. The maximum atomic E-state index is 11.8. The smallest absolute Gasteiger partial charge is 0.340 e. The molecule has 0 aliphatic carbocycles. The number of carbonyl (C=O) groups excluding carboxylic acids is 1. The first-order valence-electron chi connectivity index (χ1n) is 5.15. The van der Waals surface area contributed by atoms with Crippen molar-refractivity contribution in [2.45, 2.75) is 13.8 Å². The first-order valence-corrected chi connectivity index (χ1v) is 5.15. The van der Waals surface area contributed by atoms with Gasteiger partial charge in [-0.1, -0.05) is 19.9 Å². The summed E-state index contributed by atoms with van der Waals surface area (Å²) in [6, 6.07) is 5.24. The zero-order chi connectivity index (χ0) is 11.5. The number of nitrogens with one attached hydrogen (secondary N) is 1. The Labute approximate surface area is 92.8 Å². The molecule has 0 bridgehead atoms. The van der Waals surface area contributed by atoms with Crippen LogP contribution in [-0.4, -0.2) is 28.0 Å². The largest absolute Gasteiger partial charge is 0.462 e. The third-order valence-corrected chi connectivity index (χ3v) is 2.11. The monoisotopic (exact) mass is 219 g/mol. The van der Waals surface area contributed by atoms with Crippen LogP contribution in [0.25, 0.3) is 11.0 Å². The van der Waals surface area contributed by atoms with Gasteiger partial charge in [-0.25, -0.2) is 4.79 Å². The lowest BCUT2D eigenvalue weighted by Crippen LogP contribution is -2.10. The standard InChI is InChI=1S/C11H13N3O2/c1-7(2)6-16-11(15)8-4-3-5-9-10(8)13-14-12-9/h3-5,7H,6H2,1-2H3,(H,12,13,14). The molecule has 0 fully saturated rings. The molecule has 0 aliphatic rings. The van der Waals surface area contributed by atoms with Crippen molar-refractivity contribution < 1.29 is 9.53 Å². The molecule has 0 atom stereocenters. The number of benzene rings is 1. The predicted molar refractivity (Wildman–Crippen MR) is 59.0 cm³/mol. The first-order chi connectivity index (χ1) is 7.68. The number of carbonyl (C=O) groups is 1. The number of hydrogen-bond donors (Lipinski definition) is 1. The molecular formula is C11H13N3O2. The van der Waals surface area contributed by atoms with Gasteiger partial charge >= 0.3 is 5.97 Å². The molecule has 1 heterocycles. The number of fused-ring (bicyclic) bond motifs is 1. The quantitative estimate of drug-likeness (QED) is 0.799. The second kappa shape index (κ2) is 4.30. The van der Waals surface area contributed by atoms with Gasteiger partial charge in [-0.05, 0) is 18.1 Å². The van der Waals surface area contributed by atoms with Gasteiger partial charge in [0.1, 0.15) is 11.0 Å². The first kappa shape index (κ1) is 10.6. The van der Waals surface area contributed by atoms with Crippen molar-refractivity contribution in [3.63, 3.8) is 0 Å². The molecule has 84 valence electrons. The summed E-state index contributed by atoms with van der Waals surface area (Å²) in [7, 11) is 0. The van der Waals surface area contributed by atoms with Gasteiger partial charge in [-0.15, -0.1) is 0 Å². The fourth-order valence-electron chi connectivity index (χ4n) is 1.35. The van der Waals surface area contributed by atoms with E-state index in [1.165, 1.54) is 0 Å². The van der Waals surface area contributed by atoms with E-state index in [-0.39, 0.29) is 5.97 Å². The minimum absolute atomic E-state index is 0.320. The van der Waals surface area contributed by atoms with Gasteiger partial charge in [0.25, 0.3) is 0 Å². The molecule has 1 N–H and O–H groups in total. The molecule has 1 aromatic carbocycles. The average molecular weight is 219 g/mol. The molecule has 5 nitrogen and oxygen atoms in total. The second-order valence-electron chi connectivity index (χ2n) is 3.99. The van der Waals surface area contributed by atoms with Gasteiger partial charge in [-0.2, -0.15) is 15.4 Å². The molecule has 0 radical (unpaired) electrons. The Morgan fingerprint density at radius 3 is 3.00 bits per heavy atom. The topological polar surface area (TPSA) is 67.9 Å². The number of para-hydroxylation sites is 1. The SMILES string of the molecule is CC(C)COC(=O)c1cccc2n[nH]nc12. The Balaban J connectivity index is 2.25. The summed E-state index contributed by atoms with van der Waals surface area (Å²) in [4.78, 5) is 11.8. The van der Waals surface area contributed by atoms with Crippen molar-refractivity contribution in [3.05, 3.63) is 23.8 Å². The van der Waals surface area contributed by atoms with Gasteiger partial charge in [0.15, 0.2) is 0 Å². The number of ether oxygens (including phenoxy) is 1. The summed E-state index contributed by atoms with van der Waals surface area (Å²) in [5.74, 6) is -0.0336. The molecule has 0 saturated carbocycles. The zero-order valence-electron chi connectivity index (χ0n) is 9.23. The van der Waals surface area contributed by atoms with Crippen LogP contribution in [0.5, 0.6) is 0 Å². The van der Waals surface area contributed by atoms with E-state index < -0.39 is 0 Å². The number of H-pyrrole nitrogens is 1. The molecule has 16 heavy (non-hydrogen) atoms. The lowest BCUT2D eigenvalue weighted by molar-refractivity contribution is 0.0461. The number of aromatic amines is 1. The van der Waals surface area contributed by atoms with E-state index >= 15 is 0 Å². The molecule has 2 rings (SSSR count). The van der Waals surface area contributed by atoms with Gasteiger partial charge in [0, 0.05) is 0 Å². The van der Waals surface area contributed by atoms with Crippen LogP contribution in [0, 0.1) is 5.92 Å². The van der Waals surface area contributed by atoms with E-state index in [2.05, 4.69) is 15.4 Å². The molecule has 0 aliphatic heterocycles. The molecular weight excluding hydrogens is 206 g/mol.